The van der Waals surface area contributed by atoms with E-state index in [1.165, 1.54) is 173 Å². The van der Waals surface area contributed by atoms with E-state index in [0.717, 1.165) is 141 Å². The largest absolute Gasteiger partial charge is 0.472 e. The molecule has 0 spiro atoms. The molecule has 0 aromatic carbocycles. The first-order chi connectivity index (χ1) is 49.8. The molecule has 3 N–H and O–H groups in total. The lowest BCUT2D eigenvalue weighted by Crippen LogP contribution is -2.29. The zero-order chi connectivity index (χ0) is 72.9. The monoisotopic (exact) mass is 1420 g/mol. The standard InChI is InChI=1S/C91H152NO8P/c1-3-5-7-9-11-13-15-17-19-21-23-25-27-29-31-33-35-37-39-41-43-44-46-47-49-51-53-55-57-59-61-63-65-67-69-71-73-75-77-79-81-83-90(93)97-87-89(88-99-101(95,96)98-86-85-92)100-91(94)84-82-80-78-76-74-72-70-68-66-64-62-60-58-56-54-52-50-48-45-42-40-38-36-34-32-30-28-26-24-22-20-18-16-14-12-10-8-6-4-2/h5-8,11-14,17-20,23-26,29-32,36,38,42,45,50,52,56,58,62,64,89H,3-4,9-10,15-16,21-22,27-28,33-35,37,39-41,43-44,46-49,51,53-55,57,59-61,63,65-88,92H2,1-2H3,(H,95,96)/b7-5-,8-6-,13-11-,14-12-,19-17-,20-18-,25-23-,26-24-,31-29-,32-30-,38-36-,45-42-,52-50-,58-56-,64-62-. The van der Waals surface area contributed by atoms with Gasteiger partial charge >= 0.3 is 19.8 Å². The molecule has 2 atom stereocenters. The van der Waals surface area contributed by atoms with Gasteiger partial charge in [0.1, 0.15) is 6.61 Å². The Hall–Kier alpha value is -4.89. The van der Waals surface area contributed by atoms with Crippen LogP contribution in [-0.4, -0.2) is 49.3 Å². The van der Waals surface area contributed by atoms with E-state index in [-0.39, 0.29) is 38.6 Å². The fourth-order valence-electron chi connectivity index (χ4n) is 11.3. The van der Waals surface area contributed by atoms with Crippen LogP contribution < -0.4 is 5.73 Å². The van der Waals surface area contributed by atoms with Crippen molar-refractivity contribution in [1.82, 2.24) is 0 Å². The van der Waals surface area contributed by atoms with Gasteiger partial charge in [-0.3, -0.25) is 18.6 Å². The van der Waals surface area contributed by atoms with E-state index in [0.29, 0.717) is 6.42 Å². The Kier molecular flexibility index (Phi) is 80.0. The van der Waals surface area contributed by atoms with Gasteiger partial charge in [-0.2, -0.15) is 0 Å². The summed E-state index contributed by atoms with van der Waals surface area (Å²) in [5, 5.41) is 0. The third kappa shape index (κ3) is 83.9. The molecule has 0 saturated carbocycles. The van der Waals surface area contributed by atoms with Gasteiger partial charge in [0.2, 0.25) is 0 Å². The van der Waals surface area contributed by atoms with Gasteiger partial charge in [0, 0.05) is 19.4 Å². The summed E-state index contributed by atoms with van der Waals surface area (Å²) < 4.78 is 33.3. The fourth-order valence-corrected chi connectivity index (χ4v) is 12.0. The number of carbonyl (C=O) groups excluding carboxylic acids is 2. The van der Waals surface area contributed by atoms with Crippen molar-refractivity contribution < 1.29 is 37.6 Å². The summed E-state index contributed by atoms with van der Waals surface area (Å²) in [5.74, 6) is -0.834. The van der Waals surface area contributed by atoms with Crippen molar-refractivity contribution in [3.63, 3.8) is 0 Å². The molecule has 0 aliphatic heterocycles. The van der Waals surface area contributed by atoms with E-state index >= 15 is 0 Å². The average Bonchev–Trinajstić information content (AvgIpc) is 1.01. The molecule has 2 unspecified atom stereocenters. The Morgan fingerprint density at radius 3 is 0.762 bits per heavy atom. The van der Waals surface area contributed by atoms with Gasteiger partial charge in [-0.05, 0) is 135 Å². The lowest BCUT2D eigenvalue weighted by molar-refractivity contribution is -0.161. The Morgan fingerprint density at radius 2 is 0.515 bits per heavy atom. The smallest absolute Gasteiger partial charge is 0.462 e. The lowest BCUT2D eigenvalue weighted by atomic mass is 10.0. The number of carbonyl (C=O) groups is 2. The van der Waals surface area contributed by atoms with Crippen molar-refractivity contribution >= 4 is 19.8 Å². The van der Waals surface area contributed by atoms with Gasteiger partial charge in [-0.1, -0.05) is 382 Å². The number of phosphoric ester groups is 1. The van der Waals surface area contributed by atoms with Crippen LogP contribution in [-0.2, 0) is 32.7 Å². The van der Waals surface area contributed by atoms with E-state index in [1.807, 2.05) is 0 Å². The van der Waals surface area contributed by atoms with E-state index in [2.05, 4.69) is 196 Å². The van der Waals surface area contributed by atoms with Gasteiger partial charge in [0.25, 0.3) is 0 Å². The minimum Gasteiger partial charge on any atom is -0.462 e. The molecule has 101 heavy (non-hydrogen) atoms. The molecule has 0 fully saturated rings. The second-order valence-corrected chi connectivity index (χ2v) is 28.3. The molecule has 0 saturated heterocycles. The molecule has 0 aromatic rings. The molecular formula is C91H152NO8P. The molecule has 0 radical (unpaired) electrons. The van der Waals surface area contributed by atoms with Crippen molar-refractivity contribution in [2.45, 2.75) is 354 Å². The van der Waals surface area contributed by atoms with Crippen molar-refractivity contribution in [1.29, 1.82) is 0 Å². The normalized spacial score (nSPS) is 13.8. The molecule has 0 aromatic heterocycles. The number of hydrogen-bond acceptors (Lipinski definition) is 8. The summed E-state index contributed by atoms with van der Waals surface area (Å²) in [7, 11) is -4.41. The molecule has 0 heterocycles. The topological polar surface area (TPSA) is 134 Å². The summed E-state index contributed by atoms with van der Waals surface area (Å²) in [5.41, 5.74) is 5.42. The Morgan fingerprint density at radius 1 is 0.297 bits per heavy atom. The third-order valence-electron chi connectivity index (χ3n) is 17.3. The summed E-state index contributed by atoms with van der Waals surface area (Å²) in [6, 6.07) is 0. The molecule has 574 valence electrons. The van der Waals surface area contributed by atoms with Crippen LogP contribution >= 0.6 is 7.82 Å². The highest BCUT2D eigenvalue weighted by atomic mass is 31.2. The minimum absolute atomic E-state index is 0.0458. The summed E-state index contributed by atoms with van der Waals surface area (Å²) in [6.07, 6.45) is 126. The zero-order valence-corrected chi connectivity index (χ0v) is 65.7. The van der Waals surface area contributed by atoms with Crippen LogP contribution in [0.15, 0.2) is 182 Å². The highest BCUT2D eigenvalue weighted by Crippen LogP contribution is 2.43. The summed E-state index contributed by atoms with van der Waals surface area (Å²) in [4.78, 5) is 35.5. The Labute approximate surface area is 622 Å². The highest BCUT2D eigenvalue weighted by molar-refractivity contribution is 7.47. The fraction of sp³-hybridized carbons (Fsp3) is 0.648. The number of phosphoric acid groups is 1. The first kappa shape index (κ1) is 96.1. The van der Waals surface area contributed by atoms with Gasteiger partial charge in [0.15, 0.2) is 6.10 Å². The van der Waals surface area contributed by atoms with Crippen LogP contribution in [0.2, 0.25) is 0 Å². The lowest BCUT2D eigenvalue weighted by Gasteiger charge is -2.19. The van der Waals surface area contributed by atoms with Gasteiger partial charge < -0.3 is 20.1 Å². The predicted molar refractivity (Wildman–Crippen MR) is 440 cm³/mol. The quantitative estimate of drug-likeness (QED) is 0.0264. The zero-order valence-electron chi connectivity index (χ0n) is 64.8. The number of unbranched alkanes of at least 4 members (excludes halogenated alkanes) is 33. The molecule has 9 nitrogen and oxygen atoms in total. The molecular weight excluding hydrogens is 1270 g/mol. The molecule has 0 aliphatic rings. The van der Waals surface area contributed by atoms with E-state index in [4.69, 9.17) is 24.3 Å². The predicted octanol–water partition coefficient (Wildman–Crippen LogP) is 28.2. The van der Waals surface area contributed by atoms with Crippen LogP contribution in [0.3, 0.4) is 0 Å². The third-order valence-corrected chi connectivity index (χ3v) is 18.3. The maximum absolute atomic E-state index is 12.8. The minimum atomic E-state index is -4.41. The molecule has 0 bridgehead atoms. The van der Waals surface area contributed by atoms with Crippen LogP contribution in [0.1, 0.15) is 348 Å². The second kappa shape index (κ2) is 84.1. The van der Waals surface area contributed by atoms with Crippen molar-refractivity contribution in [3.05, 3.63) is 182 Å². The van der Waals surface area contributed by atoms with Crippen LogP contribution in [0.4, 0.5) is 0 Å². The first-order valence-corrected chi connectivity index (χ1v) is 42.8. The van der Waals surface area contributed by atoms with Crippen molar-refractivity contribution in [2.75, 3.05) is 26.4 Å². The Bertz CT molecular complexity index is 2330. The van der Waals surface area contributed by atoms with Crippen LogP contribution in [0, 0.1) is 0 Å². The summed E-state index contributed by atoms with van der Waals surface area (Å²) >= 11 is 0. The van der Waals surface area contributed by atoms with Crippen LogP contribution in [0.25, 0.3) is 0 Å². The van der Waals surface area contributed by atoms with E-state index in [9.17, 15) is 19.0 Å². The number of rotatable bonds is 76. The number of hydrogen-bond donors (Lipinski definition) is 2. The van der Waals surface area contributed by atoms with E-state index in [1.54, 1.807) is 0 Å². The molecule has 0 amide bonds. The highest BCUT2D eigenvalue weighted by Gasteiger charge is 2.26. The number of ether oxygens (including phenoxy) is 2. The van der Waals surface area contributed by atoms with Crippen molar-refractivity contribution in [2.24, 2.45) is 5.73 Å². The molecule has 10 heteroatoms. The van der Waals surface area contributed by atoms with Crippen LogP contribution in [0.5, 0.6) is 0 Å². The van der Waals surface area contributed by atoms with Gasteiger partial charge in [-0.25, -0.2) is 4.57 Å². The number of esters is 2. The summed E-state index contributed by atoms with van der Waals surface area (Å²) in [6.45, 7) is 3.53. The average molecular weight is 1420 g/mol. The molecule has 0 aliphatic carbocycles. The second-order valence-electron chi connectivity index (χ2n) is 26.9. The SMILES string of the molecule is CC/C=C\C/C=C\C/C=C\C/C=C\C/C=C\C/C=C\C/C=C\C/C=C\C/C=C\C/C=C\CCCCCCCCCCC(=O)OC(COC(=O)CCCCCCCCCCCCCCCCCCCCCCCCCCC/C=C\C/C=C\C/C=C\C/C=C\C/C=C\CC)COP(=O)(O)OCCN. The van der Waals surface area contributed by atoms with Crippen molar-refractivity contribution in [3.8, 4) is 0 Å². The number of nitrogens with two attached hydrogens (primary N) is 1. The van der Waals surface area contributed by atoms with Gasteiger partial charge in [-0.15, -0.1) is 0 Å². The first-order valence-electron chi connectivity index (χ1n) is 41.3. The maximum atomic E-state index is 12.8. The number of allylic oxidation sites excluding steroid dienone is 30. The van der Waals surface area contributed by atoms with E-state index < -0.39 is 26.5 Å². The van der Waals surface area contributed by atoms with Gasteiger partial charge in [0.05, 0.1) is 13.2 Å². The molecule has 0 rings (SSSR count). The maximum Gasteiger partial charge on any atom is 0.472 e. The Balaban J connectivity index is 3.86.